The molecule has 3 aliphatic carbocycles. The van der Waals surface area contributed by atoms with E-state index in [0.29, 0.717) is 18.7 Å². The summed E-state index contributed by atoms with van der Waals surface area (Å²) in [4.78, 5) is 8.87. The van der Waals surface area contributed by atoms with Gasteiger partial charge in [0.2, 0.25) is 0 Å². The van der Waals surface area contributed by atoms with E-state index in [1.54, 1.807) is 0 Å². The lowest BCUT2D eigenvalue weighted by molar-refractivity contribution is 0.0966. The van der Waals surface area contributed by atoms with E-state index in [1.807, 2.05) is 6.92 Å². The predicted octanol–water partition coefficient (Wildman–Crippen LogP) is 4.95. The number of sulfone groups is 1. The van der Waals surface area contributed by atoms with Gasteiger partial charge in [-0.1, -0.05) is 32.6 Å². The number of nitrogens with zero attached hydrogens (tertiary/aromatic N) is 2. The molecule has 3 unspecified atom stereocenters. The molecular formula is C27H38FN3O4S. The molecule has 4 aliphatic rings. The Labute approximate surface area is 213 Å². The van der Waals surface area contributed by atoms with Gasteiger partial charge in [0.1, 0.15) is 24.4 Å². The quantitative estimate of drug-likeness (QED) is 0.456. The Balaban J connectivity index is 1.23. The molecule has 1 heterocycles. The summed E-state index contributed by atoms with van der Waals surface area (Å²) >= 11 is 0. The van der Waals surface area contributed by atoms with E-state index in [9.17, 15) is 17.9 Å². The van der Waals surface area contributed by atoms with Crippen molar-refractivity contribution in [2.45, 2.75) is 93.5 Å². The molecule has 0 spiro atoms. The van der Waals surface area contributed by atoms with Crippen LogP contribution >= 0.6 is 0 Å². The number of aliphatic hydroxyl groups is 1. The van der Waals surface area contributed by atoms with Crippen LogP contribution in [0.15, 0.2) is 33.1 Å². The fraction of sp³-hybridized carbons (Fsp3) is 0.704. The molecule has 36 heavy (non-hydrogen) atoms. The first-order valence-corrected chi connectivity index (χ1v) is 15.1. The minimum absolute atomic E-state index is 0.0128. The van der Waals surface area contributed by atoms with Gasteiger partial charge in [-0.15, -0.1) is 0 Å². The second-order valence-corrected chi connectivity index (χ2v) is 13.4. The highest BCUT2D eigenvalue weighted by atomic mass is 32.2. The van der Waals surface area contributed by atoms with Crippen LogP contribution < -0.4 is 5.32 Å². The average molecular weight is 520 g/mol. The van der Waals surface area contributed by atoms with Crippen LogP contribution in [0.1, 0.15) is 71.1 Å². The van der Waals surface area contributed by atoms with Crippen LogP contribution in [-0.2, 0) is 14.6 Å². The van der Waals surface area contributed by atoms with Crippen LogP contribution in [0.4, 0.5) is 10.1 Å². The fourth-order valence-corrected chi connectivity index (χ4v) is 7.15. The third-order valence-electron chi connectivity index (χ3n) is 8.24. The number of aliphatic hydroxyl groups excluding tert-OH is 1. The van der Waals surface area contributed by atoms with Crippen LogP contribution in [0.2, 0.25) is 0 Å². The Bertz CT molecular complexity index is 1090. The van der Waals surface area contributed by atoms with Gasteiger partial charge in [-0.25, -0.2) is 22.8 Å². The molecule has 0 saturated heterocycles. The number of anilines is 1. The summed E-state index contributed by atoms with van der Waals surface area (Å²) in [5.41, 5.74) is 0.166. The lowest BCUT2D eigenvalue weighted by Crippen LogP contribution is -2.43. The predicted molar refractivity (Wildman–Crippen MR) is 138 cm³/mol. The Hall–Kier alpha value is -2.00. The van der Waals surface area contributed by atoms with Gasteiger partial charge < -0.3 is 15.2 Å². The number of aliphatic imine (C=N–C) groups is 2. The minimum Gasteiger partial charge on any atom is -0.477 e. The first kappa shape index (κ1) is 25.6. The van der Waals surface area contributed by atoms with Crippen molar-refractivity contribution in [2.24, 2.45) is 33.7 Å². The van der Waals surface area contributed by atoms with E-state index in [0.717, 1.165) is 30.7 Å². The molecule has 9 heteroatoms. The second-order valence-electron chi connectivity index (χ2n) is 11.2. The van der Waals surface area contributed by atoms with Crippen LogP contribution in [0, 0.1) is 29.5 Å². The Kier molecular flexibility index (Phi) is 7.67. The zero-order chi connectivity index (χ0) is 25.3. The molecule has 5 rings (SSSR count). The zero-order valence-electron chi connectivity index (χ0n) is 21.0. The molecule has 3 fully saturated rings. The highest BCUT2D eigenvalue weighted by Crippen LogP contribution is 2.39. The maximum atomic E-state index is 15.0. The van der Waals surface area contributed by atoms with Crippen molar-refractivity contribution in [1.82, 2.24) is 0 Å². The van der Waals surface area contributed by atoms with E-state index in [1.165, 1.54) is 57.0 Å². The molecule has 0 amide bonds. The summed E-state index contributed by atoms with van der Waals surface area (Å²) in [6.45, 7) is 1.81. The van der Waals surface area contributed by atoms with E-state index >= 15 is 0 Å². The number of benzene rings is 1. The summed E-state index contributed by atoms with van der Waals surface area (Å²) in [7, 11) is -3.47. The van der Waals surface area contributed by atoms with E-state index in [4.69, 9.17) is 4.74 Å². The van der Waals surface area contributed by atoms with Crippen molar-refractivity contribution < 1.29 is 22.7 Å². The SMILES string of the molecule is CC(CO)C1C(OC2CCC(CCC3CC3)CC2)=NC=NC1Nc1ccc(S(=O)(=O)C2CC2)cc1F. The van der Waals surface area contributed by atoms with Crippen molar-refractivity contribution in [2.75, 3.05) is 11.9 Å². The largest absolute Gasteiger partial charge is 0.477 e. The minimum atomic E-state index is -3.47. The van der Waals surface area contributed by atoms with Crippen LogP contribution in [0.3, 0.4) is 0 Å². The number of halogens is 1. The summed E-state index contributed by atoms with van der Waals surface area (Å²) in [6, 6.07) is 3.99. The molecule has 7 nitrogen and oxygen atoms in total. The first-order chi connectivity index (χ1) is 17.3. The molecule has 1 aliphatic heterocycles. The van der Waals surface area contributed by atoms with Gasteiger partial charge in [0, 0.05) is 6.61 Å². The highest BCUT2D eigenvalue weighted by Gasteiger charge is 2.39. The lowest BCUT2D eigenvalue weighted by atomic mass is 9.83. The van der Waals surface area contributed by atoms with Crippen molar-refractivity contribution >= 4 is 27.8 Å². The normalized spacial score (nSPS) is 29.5. The van der Waals surface area contributed by atoms with Crippen LogP contribution in [0.25, 0.3) is 0 Å². The van der Waals surface area contributed by atoms with E-state index in [2.05, 4.69) is 15.3 Å². The van der Waals surface area contributed by atoms with Gasteiger partial charge in [-0.3, -0.25) is 0 Å². The third kappa shape index (κ3) is 5.93. The molecule has 1 aromatic carbocycles. The van der Waals surface area contributed by atoms with E-state index in [-0.39, 0.29) is 35.1 Å². The fourth-order valence-electron chi connectivity index (χ4n) is 5.49. The monoisotopic (exact) mass is 519 g/mol. The molecule has 198 valence electrons. The van der Waals surface area contributed by atoms with Gasteiger partial charge in [0.25, 0.3) is 0 Å². The van der Waals surface area contributed by atoms with Crippen LogP contribution in [-0.4, -0.2) is 49.9 Å². The summed E-state index contributed by atoms with van der Waals surface area (Å²) in [6.07, 6.45) is 12.0. The van der Waals surface area contributed by atoms with Crippen molar-refractivity contribution in [3.63, 3.8) is 0 Å². The first-order valence-electron chi connectivity index (χ1n) is 13.5. The van der Waals surface area contributed by atoms with Gasteiger partial charge in [-0.2, -0.15) is 0 Å². The number of rotatable bonds is 10. The number of hydrogen-bond donors (Lipinski definition) is 2. The molecular weight excluding hydrogens is 481 g/mol. The molecule has 3 saturated carbocycles. The topological polar surface area (TPSA) is 100 Å². The number of ether oxygens (including phenoxy) is 1. The van der Waals surface area contributed by atoms with Gasteiger partial charge >= 0.3 is 0 Å². The Morgan fingerprint density at radius 3 is 2.33 bits per heavy atom. The van der Waals surface area contributed by atoms with Crippen molar-refractivity contribution in [3.8, 4) is 0 Å². The highest BCUT2D eigenvalue weighted by molar-refractivity contribution is 7.92. The third-order valence-corrected chi connectivity index (χ3v) is 10.5. The van der Waals surface area contributed by atoms with Gasteiger partial charge in [-0.05, 0) is 74.5 Å². The lowest BCUT2D eigenvalue weighted by Gasteiger charge is -2.35. The van der Waals surface area contributed by atoms with Crippen molar-refractivity contribution in [3.05, 3.63) is 24.0 Å². The summed E-state index contributed by atoms with van der Waals surface area (Å²) in [5.74, 6) is 1.06. The van der Waals surface area contributed by atoms with Gasteiger partial charge in [0.15, 0.2) is 15.7 Å². The second kappa shape index (κ2) is 10.8. The molecule has 0 bridgehead atoms. The molecule has 0 radical (unpaired) electrons. The number of hydrogen-bond acceptors (Lipinski definition) is 7. The van der Waals surface area contributed by atoms with Crippen LogP contribution in [0.5, 0.6) is 0 Å². The average Bonchev–Trinajstić information content (AvgIpc) is 3.78. The van der Waals surface area contributed by atoms with E-state index < -0.39 is 27.1 Å². The molecule has 3 atom stereocenters. The number of nitrogens with one attached hydrogen (secondary N) is 1. The molecule has 0 aromatic heterocycles. The maximum absolute atomic E-state index is 15.0. The molecule has 1 aromatic rings. The smallest absolute Gasteiger partial charge is 0.197 e. The molecule has 2 N–H and O–H groups in total. The Morgan fingerprint density at radius 2 is 1.75 bits per heavy atom. The van der Waals surface area contributed by atoms with Crippen molar-refractivity contribution in [1.29, 1.82) is 0 Å². The Morgan fingerprint density at radius 1 is 1.08 bits per heavy atom. The summed E-state index contributed by atoms with van der Waals surface area (Å²) < 4.78 is 46.3. The zero-order valence-corrected chi connectivity index (χ0v) is 21.8. The standard InChI is InChI=1S/C27H38FN3O4S/c1-17(15-32)25-26(31-24-13-12-22(14-23(24)28)36(33,34)21-10-11-21)29-16-30-27(25)35-20-8-6-19(7-9-20)5-4-18-2-3-18/h12-14,16-21,25-26,31-32H,2-11,15H2,1H3. The van der Waals surface area contributed by atoms with Gasteiger partial charge in [0.05, 0.1) is 21.8 Å². The summed E-state index contributed by atoms with van der Waals surface area (Å²) in [5, 5.41) is 12.7. The maximum Gasteiger partial charge on any atom is 0.197 e.